The number of anilines is 2. The lowest BCUT2D eigenvalue weighted by molar-refractivity contribution is -0.114. The van der Waals surface area contributed by atoms with E-state index in [0.29, 0.717) is 11.4 Å². The van der Waals surface area contributed by atoms with E-state index in [2.05, 4.69) is 22.5 Å². The van der Waals surface area contributed by atoms with Crippen LogP contribution in [-0.4, -0.2) is 25.5 Å². The molecule has 4 N–H and O–H groups in total. The number of guanidine groups is 1. The Labute approximate surface area is 141 Å². The molecule has 0 saturated carbocycles. The number of methoxy groups -OCH3 is 1. The second-order valence-electron chi connectivity index (χ2n) is 5.13. The van der Waals surface area contributed by atoms with Gasteiger partial charge in [-0.25, -0.2) is 4.99 Å². The zero-order valence-corrected chi connectivity index (χ0v) is 13.9. The minimum atomic E-state index is -0.229. The number of nitrogens with one attached hydrogen (secondary N) is 2. The first-order chi connectivity index (χ1) is 11.6. The van der Waals surface area contributed by atoms with Crippen LogP contribution in [-0.2, 0) is 11.2 Å². The quantitative estimate of drug-likeness (QED) is 0.562. The van der Waals surface area contributed by atoms with Crippen molar-refractivity contribution in [3.05, 3.63) is 54.1 Å². The van der Waals surface area contributed by atoms with Gasteiger partial charge in [-0.05, 0) is 36.2 Å². The average Bonchev–Trinajstić information content (AvgIpc) is 2.60. The molecular weight excluding hydrogens is 304 g/mol. The summed E-state index contributed by atoms with van der Waals surface area (Å²) in [6, 6.07) is 15.1. The first-order valence-electron chi connectivity index (χ1n) is 7.71. The van der Waals surface area contributed by atoms with E-state index in [4.69, 9.17) is 10.5 Å². The summed E-state index contributed by atoms with van der Waals surface area (Å²) in [5.74, 6) is 0.571. The molecule has 0 heterocycles. The number of aliphatic imine (C=N–C) groups is 1. The molecule has 6 heteroatoms. The molecule has 2 aromatic rings. The highest BCUT2D eigenvalue weighted by Crippen LogP contribution is 2.22. The highest BCUT2D eigenvalue weighted by Gasteiger charge is 2.05. The summed E-state index contributed by atoms with van der Waals surface area (Å²) in [4.78, 5) is 16.0. The van der Waals surface area contributed by atoms with Crippen molar-refractivity contribution in [1.29, 1.82) is 0 Å². The van der Waals surface area contributed by atoms with Gasteiger partial charge in [-0.15, -0.1) is 0 Å². The maximum atomic E-state index is 12.0. The number of benzene rings is 2. The van der Waals surface area contributed by atoms with E-state index < -0.39 is 0 Å². The highest BCUT2D eigenvalue weighted by molar-refractivity contribution is 5.97. The van der Waals surface area contributed by atoms with E-state index in [0.717, 1.165) is 17.7 Å². The Bertz CT molecular complexity index is 728. The Hall–Kier alpha value is -3.02. The van der Waals surface area contributed by atoms with Crippen LogP contribution in [0.15, 0.2) is 53.5 Å². The van der Waals surface area contributed by atoms with E-state index in [-0.39, 0.29) is 18.4 Å². The van der Waals surface area contributed by atoms with Crippen molar-refractivity contribution < 1.29 is 9.53 Å². The molecule has 2 aromatic carbocycles. The van der Waals surface area contributed by atoms with Crippen LogP contribution in [0.4, 0.5) is 11.4 Å². The molecule has 0 aliphatic rings. The predicted molar refractivity (Wildman–Crippen MR) is 97.6 cm³/mol. The molecule has 0 aromatic heterocycles. The number of hydrogen-bond donors (Lipinski definition) is 3. The van der Waals surface area contributed by atoms with Gasteiger partial charge in [0.15, 0.2) is 5.96 Å². The first-order valence-corrected chi connectivity index (χ1v) is 7.71. The fraction of sp³-hybridized carbons (Fsp3) is 0.222. The van der Waals surface area contributed by atoms with Crippen LogP contribution in [0.3, 0.4) is 0 Å². The van der Waals surface area contributed by atoms with Crippen LogP contribution >= 0.6 is 0 Å². The van der Waals surface area contributed by atoms with Gasteiger partial charge in [-0.2, -0.15) is 0 Å². The molecule has 0 unspecified atom stereocenters. The number of rotatable bonds is 6. The molecule has 6 nitrogen and oxygen atoms in total. The molecule has 0 aliphatic heterocycles. The summed E-state index contributed by atoms with van der Waals surface area (Å²) in [5, 5.41) is 5.73. The van der Waals surface area contributed by atoms with Crippen molar-refractivity contribution in [3.8, 4) is 5.75 Å². The number of nitrogens with zero attached hydrogens (tertiary/aromatic N) is 1. The molecule has 0 atom stereocenters. The second kappa shape index (κ2) is 8.57. The Balaban J connectivity index is 1.92. The Morgan fingerprint density at radius 2 is 1.96 bits per heavy atom. The fourth-order valence-corrected chi connectivity index (χ4v) is 2.15. The normalized spacial score (nSPS) is 11.0. The number of nitrogens with two attached hydrogens (primary N) is 1. The number of para-hydroxylation sites is 2. The van der Waals surface area contributed by atoms with Gasteiger partial charge in [0, 0.05) is 5.69 Å². The van der Waals surface area contributed by atoms with Gasteiger partial charge >= 0.3 is 0 Å². The van der Waals surface area contributed by atoms with Crippen LogP contribution in [0.2, 0.25) is 0 Å². The van der Waals surface area contributed by atoms with Gasteiger partial charge in [0.05, 0.1) is 12.8 Å². The van der Waals surface area contributed by atoms with Crippen molar-refractivity contribution in [2.75, 3.05) is 24.3 Å². The maximum absolute atomic E-state index is 12.0. The Morgan fingerprint density at radius 1 is 1.17 bits per heavy atom. The molecule has 0 bridgehead atoms. The zero-order valence-electron chi connectivity index (χ0n) is 13.9. The number of carbonyl (C=O) groups excluding carboxylic acids is 1. The van der Waals surface area contributed by atoms with Crippen LogP contribution in [0, 0.1) is 0 Å². The van der Waals surface area contributed by atoms with Crippen LogP contribution in [0.25, 0.3) is 0 Å². The van der Waals surface area contributed by atoms with Crippen molar-refractivity contribution in [2.24, 2.45) is 10.7 Å². The minimum Gasteiger partial charge on any atom is -0.495 e. The molecule has 0 spiro atoms. The van der Waals surface area contributed by atoms with Gasteiger partial charge in [0.25, 0.3) is 0 Å². The molecule has 0 saturated heterocycles. The van der Waals surface area contributed by atoms with E-state index in [1.165, 1.54) is 0 Å². The standard InChI is InChI=1S/C18H22N4O2/c1-3-13-7-6-8-14(11-13)21-17(23)12-20-18(19)22-15-9-4-5-10-16(15)24-2/h4-11H,3,12H2,1-2H3,(H,21,23)(H3,19,20,22). The lowest BCUT2D eigenvalue weighted by Gasteiger charge is -2.10. The second-order valence-corrected chi connectivity index (χ2v) is 5.13. The third kappa shape index (κ3) is 5.01. The van der Waals surface area contributed by atoms with Crippen LogP contribution in [0.1, 0.15) is 12.5 Å². The van der Waals surface area contributed by atoms with Gasteiger partial charge in [-0.1, -0.05) is 31.2 Å². The summed E-state index contributed by atoms with van der Waals surface area (Å²) in [6.45, 7) is 2.00. The smallest absolute Gasteiger partial charge is 0.246 e. The lowest BCUT2D eigenvalue weighted by Crippen LogP contribution is -2.25. The third-order valence-electron chi connectivity index (χ3n) is 3.38. The van der Waals surface area contributed by atoms with Crippen molar-refractivity contribution in [2.45, 2.75) is 13.3 Å². The highest BCUT2D eigenvalue weighted by atomic mass is 16.5. The van der Waals surface area contributed by atoms with Crippen molar-refractivity contribution in [3.63, 3.8) is 0 Å². The van der Waals surface area contributed by atoms with Gasteiger partial charge in [0.2, 0.25) is 5.91 Å². The monoisotopic (exact) mass is 326 g/mol. The number of carbonyl (C=O) groups is 1. The van der Waals surface area contributed by atoms with Gasteiger partial charge in [0.1, 0.15) is 12.3 Å². The molecule has 126 valence electrons. The molecule has 0 fully saturated rings. The van der Waals surface area contributed by atoms with Gasteiger partial charge in [-0.3, -0.25) is 4.79 Å². The average molecular weight is 326 g/mol. The summed E-state index contributed by atoms with van der Waals surface area (Å²) in [6.07, 6.45) is 0.914. The van der Waals surface area contributed by atoms with E-state index in [1.807, 2.05) is 48.5 Å². The summed E-state index contributed by atoms with van der Waals surface area (Å²) >= 11 is 0. The Morgan fingerprint density at radius 3 is 2.71 bits per heavy atom. The number of ether oxygens (including phenoxy) is 1. The van der Waals surface area contributed by atoms with Crippen molar-refractivity contribution in [1.82, 2.24) is 0 Å². The number of aryl methyl sites for hydroxylation is 1. The lowest BCUT2D eigenvalue weighted by atomic mass is 10.1. The van der Waals surface area contributed by atoms with Crippen LogP contribution in [0.5, 0.6) is 5.75 Å². The third-order valence-corrected chi connectivity index (χ3v) is 3.38. The summed E-state index contributed by atoms with van der Waals surface area (Å²) in [7, 11) is 1.58. The Kier molecular flexibility index (Phi) is 6.19. The van der Waals surface area contributed by atoms with Gasteiger partial charge < -0.3 is 21.1 Å². The minimum absolute atomic E-state index is 0.0651. The SMILES string of the molecule is CCc1cccc(NC(=O)CN=C(N)Nc2ccccc2OC)c1. The summed E-state index contributed by atoms with van der Waals surface area (Å²) in [5.41, 5.74) is 8.43. The maximum Gasteiger partial charge on any atom is 0.246 e. The van der Waals surface area contributed by atoms with E-state index in [9.17, 15) is 4.79 Å². The van der Waals surface area contributed by atoms with E-state index in [1.54, 1.807) is 7.11 Å². The van der Waals surface area contributed by atoms with E-state index >= 15 is 0 Å². The zero-order chi connectivity index (χ0) is 17.4. The predicted octanol–water partition coefficient (Wildman–Crippen LogP) is 2.62. The molecule has 1 amide bonds. The molecule has 0 radical (unpaired) electrons. The number of amides is 1. The van der Waals surface area contributed by atoms with Crippen LogP contribution < -0.4 is 21.1 Å². The molecule has 0 aliphatic carbocycles. The number of hydrogen-bond acceptors (Lipinski definition) is 3. The van der Waals surface area contributed by atoms with Crippen molar-refractivity contribution >= 4 is 23.2 Å². The molecular formula is C18H22N4O2. The fourth-order valence-electron chi connectivity index (χ4n) is 2.15. The largest absolute Gasteiger partial charge is 0.495 e. The first kappa shape index (κ1) is 17.3. The topological polar surface area (TPSA) is 88.7 Å². The summed E-state index contributed by atoms with van der Waals surface area (Å²) < 4.78 is 5.22. The molecule has 2 rings (SSSR count). The molecule has 24 heavy (non-hydrogen) atoms.